The van der Waals surface area contributed by atoms with Crippen LogP contribution in [-0.4, -0.2) is 9.78 Å². The molecule has 1 aromatic heterocycles. The molecule has 3 nitrogen and oxygen atoms in total. The van der Waals surface area contributed by atoms with Crippen molar-refractivity contribution in [3.63, 3.8) is 0 Å². The minimum Gasteiger partial charge on any atom is -0.299 e. The van der Waals surface area contributed by atoms with Crippen molar-refractivity contribution in [2.75, 3.05) is 0 Å². The van der Waals surface area contributed by atoms with Gasteiger partial charge in [-0.3, -0.25) is 9.89 Å². The van der Waals surface area contributed by atoms with E-state index in [1.807, 2.05) is 10.7 Å². The van der Waals surface area contributed by atoms with Crippen molar-refractivity contribution in [1.29, 1.82) is 0 Å². The molecule has 1 aromatic rings. The molecule has 0 saturated heterocycles. The Bertz CT molecular complexity index is 432. The fraction of sp³-hybridized carbons (Fsp3) is 0.800. The molecule has 0 atom stereocenters. The van der Waals surface area contributed by atoms with Crippen LogP contribution in [0, 0.1) is 0 Å². The topological polar surface area (TPSA) is 37.8 Å². The number of H-pyrrole nitrogens is 1. The Morgan fingerprint density at radius 1 is 0.944 bits per heavy atom. The first-order valence-corrected chi connectivity index (χ1v) is 7.66. The number of hydrogen-bond donors (Lipinski definition) is 1. The highest BCUT2D eigenvalue weighted by Gasteiger charge is 2.22. The van der Waals surface area contributed by atoms with E-state index in [2.05, 4.69) is 5.10 Å². The van der Waals surface area contributed by atoms with Gasteiger partial charge in [0.2, 0.25) is 0 Å². The third-order valence-corrected chi connectivity index (χ3v) is 4.75. The van der Waals surface area contributed by atoms with E-state index in [1.54, 1.807) is 0 Å². The van der Waals surface area contributed by atoms with Gasteiger partial charge in [0, 0.05) is 17.7 Å². The highest BCUT2D eigenvalue weighted by molar-refractivity contribution is 5.08. The van der Waals surface area contributed by atoms with Gasteiger partial charge >= 0.3 is 0 Å². The van der Waals surface area contributed by atoms with E-state index in [0.29, 0.717) is 12.0 Å². The van der Waals surface area contributed by atoms with Gasteiger partial charge < -0.3 is 0 Å². The summed E-state index contributed by atoms with van der Waals surface area (Å²) in [4.78, 5) is 12.1. The van der Waals surface area contributed by atoms with Crippen LogP contribution >= 0.6 is 0 Å². The van der Waals surface area contributed by atoms with Gasteiger partial charge in [0.15, 0.2) is 0 Å². The van der Waals surface area contributed by atoms with Crippen LogP contribution in [0.25, 0.3) is 0 Å². The fourth-order valence-corrected chi connectivity index (χ4v) is 3.66. The Kier molecular flexibility index (Phi) is 3.57. The molecule has 0 spiro atoms. The first-order valence-electron chi connectivity index (χ1n) is 7.66. The summed E-state index contributed by atoms with van der Waals surface area (Å²) >= 11 is 0. The van der Waals surface area contributed by atoms with Gasteiger partial charge in [-0.05, 0) is 25.7 Å². The van der Waals surface area contributed by atoms with E-state index < -0.39 is 0 Å². The first-order chi connectivity index (χ1) is 8.84. The number of aromatic amines is 1. The zero-order chi connectivity index (χ0) is 12.4. The van der Waals surface area contributed by atoms with Gasteiger partial charge in [-0.2, -0.15) is 0 Å². The summed E-state index contributed by atoms with van der Waals surface area (Å²) in [5.41, 5.74) is 1.39. The number of rotatable bonds is 2. The molecule has 18 heavy (non-hydrogen) atoms. The molecule has 1 heterocycles. The molecule has 2 saturated carbocycles. The summed E-state index contributed by atoms with van der Waals surface area (Å²) in [6.45, 7) is 0. The Hall–Kier alpha value is -0.990. The fourth-order valence-electron chi connectivity index (χ4n) is 3.66. The van der Waals surface area contributed by atoms with Crippen LogP contribution in [-0.2, 0) is 0 Å². The van der Waals surface area contributed by atoms with Crippen molar-refractivity contribution in [3.8, 4) is 0 Å². The van der Waals surface area contributed by atoms with Gasteiger partial charge in [-0.15, -0.1) is 0 Å². The quantitative estimate of drug-likeness (QED) is 0.796. The summed E-state index contributed by atoms with van der Waals surface area (Å²) in [6, 6.07) is 2.29. The molecule has 3 heteroatoms. The lowest BCUT2D eigenvalue weighted by atomic mass is 10.1. The normalized spacial score (nSPS) is 23.3. The minimum absolute atomic E-state index is 0.198. The number of aromatic nitrogens is 2. The SMILES string of the molecule is O=c1cc(C2CCCC2)[nH]n1C1CCCCCC1. The van der Waals surface area contributed by atoms with Gasteiger partial charge in [0.1, 0.15) is 0 Å². The van der Waals surface area contributed by atoms with Crippen LogP contribution in [0.4, 0.5) is 0 Å². The molecule has 0 aliphatic heterocycles. The van der Waals surface area contributed by atoms with E-state index in [4.69, 9.17) is 0 Å². The van der Waals surface area contributed by atoms with E-state index >= 15 is 0 Å². The zero-order valence-corrected chi connectivity index (χ0v) is 11.2. The lowest BCUT2D eigenvalue weighted by molar-refractivity contribution is 0.392. The van der Waals surface area contributed by atoms with Gasteiger partial charge in [0.25, 0.3) is 5.56 Å². The lowest BCUT2D eigenvalue weighted by Crippen LogP contribution is -2.21. The molecule has 0 amide bonds. The Morgan fingerprint density at radius 2 is 1.56 bits per heavy atom. The predicted molar refractivity (Wildman–Crippen MR) is 73.0 cm³/mol. The molecule has 1 N–H and O–H groups in total. The van der Waals surface area contributed by atoms with Crippen molar-refractivity contribution >= 4 is 0 Å². The van der Waals surface area contributed by atoms with E-state index in [1.165, 1.54) is 69.9 Å². The van der Waals surface area contributed by atoms with Crippen molar-refractivity contribution in [3.05, 3.63) is 22.1 Å². The summed E-state index contributed by atoms with van der Waals surface area (Å²) in [6.07, 6.45) is 12.7. The summed E-state index contributed by atoms with van der Waals surface area (Å²) in [5, 5.41) is 3.43. The summed E-state index contributed by atoms with van der Waals surface area (Å²) in [5.74, 6) is 0.615. The molecule has 3 rings (SSSR count). The maximum absolute atomic E-state index is 12.1. The van der Waals surface area contributed by atoms with Crippen LogP contribution < -0.4 is 5.56 Å². The molecular formula is C15H24N2O. The first kappa shape index (κ1) is 12.1. The highest BCUT2D eigenvalue weighted by atomic mass is 16.1. The van der Waals surface area contributed by atoms with Gasteiger partial charge in [0.05, 0.1) is 6.04 Å². The second-order valence-corrected chi connectivity index (χ2v) is 6.05. The van der Waals surface area contributed by atoms with Crippen LogP contribution in [0.3, 0.4) is 0 Å². The molecule has 2 aliphatic carbocycles. The molecule has 2 aliphatic rings. The predicted octanol–water partition coefficient (Wildman–Crippen LogP) is 3.73. The lowest BCUT2D eigenvalue weighted by Gasteiger charge is -2.15. The maximum atomic E-state index is 12.1. The van der Waals surface area contributed by atoms with Gasteiger partial charge in [-0.25, -0.2) is 4.68 Å². The largest absolute Gasteiger partial charge is 0.299 e. The van der Waals surface area contributed by atoms with Gasteiger partial charge in [-0.1, -0.05) is 38.5 Å². The van der Waals surface area contributed by atoms with Crippen LogP contribution in [0.5, 0.6) is 0 Å². The highest BCUT2D eigenvalue weighted by Crippen LogP contribution is 2.33. The minimum atomic E-state index is 0.198. The average Bonchev–Trinajstić information content (AvgIpc) is 2.93. The van der Waals surface area contributed by atoms with Crippen molar-refractivity contribution in [1.82, 2.24) is 9.78 Å². The maximum Gasteiger partial charge on any atom is 0.266 e. The molecule has 0 aromatic carbocycles. The second-order valence-electron chi connectivity index (χ2n) is 6.05. The van der Waals surface area contributed by atoms with Crippen LogP contribution in [0.15, 0.2) is 10.9 Å². The van der Waals surface area contributed by atoms with E-state index in [9.17, 15) is 4.79 Å². The number of nitrogens with zero attached hydrogens (tertiary/aromatic N) is 1. The molecular weight excluding hydrogens is 224 g/mol. The Labute approximate surface area is 109 Å². The average molecular weight is 248 g/mol. The molecule has 0 bridgehead atoms. The van der Waals surface area contributed by atoms with E-state index in [-0.39, 0.29) is 5.56 Å². The monoisotopic (exact) mass is 248 g/mol. The molecule has 0 radical (unpaired) electrons. The third-order valence-electron chi connectivity index (χ3n) is 4.75. The van der Waals surface area contributed by atoms with Crippen LogP contribution in [0.2, 0.25) is 0 Å². The number of nitrogens with one attached hydrogen (secondary N) is 1. The molecule has 2 fully saturated rings. The van der Waals surface area contributed by atoms with Crippen molar-refractivity contribution in [2.24, 2.45) is 0 Å². The van der Waals surface area contributed by atoms with Crippen LogP contribution in [0.1, 0.15) is 81.9 Å². The van der Waals surface area contributed by atoms with Crippen molar-refractivity contribution < 1.29 is 0 Å². The molecule has 100 valence electrons. The Morgan fingerprint density at radius 3 is 2.22 bits per heavy atom. The molecule has 0 unspecified atom stereocenters. The smallest absolute Gasteiger partial charge is 0.266 e. The van der Waals surface area contributed by atoms with Crippen molar-refractivity contribution in [2.45, 2.75) is 76.2 Å². The summed E-state index contributed by atoms with van der Waals surface area (Å²) in [7, 11) is 0. The second kappa shape index (κ2) is 5.33. The summed E-state index contributed by atoms with van der Waals surface area (Å²) < 4.78 is 1.93. The number of hydrogen-bond acceptors (Lipinski definition) is 1. The standard InChI is InChI=1S/C15H24N2O/c18-15-11-14(12-7-5-6-8-12)16-17(15)13-9-3-1-2-4-10-13/h11-13,16H,1-10H2. The zero-order valence-electron chi connectivity index (χ0n) is 11.2. The Balaban J connectivity index is 1.80. The van der Waals surface area contributed by atoms with E-state index in [0.717, 1.165) is 0 Å². The third kappa shape index (κ3) is 2.40.